The monoisotopic (exact) mass is 492 g/mol. The van der Waals surface area contributed by atoms with Crippen molar-refractivity contribution in [2.45, 2.75) is 12.1 Å². The van der Waals surface area contributed by atoms with Crippen LogP contribution < -0.4 is 19.5 Å². The van der Waals surface area contributed by atoms with E-state index in [4.69, 9.17) is 18.9 Å². The molecule has 0 atom stereocenters. The highest BCUT2D eigenvalue weighted by molar-refractivity contribution is 7.99. The predicted octanol–water partition coefficient (Wildman–Crippen LogP) is 3.40. The minimum Gasteiger partial charge on any atom is -0.493 e. The summed E-state index contributed by atoms with van der Waals surface area (Å²) in [6.07, 6.45) is 0. The molecule has 0 aliphatic carbocycles. The van der Waals surface area contributed by atoms with E-state index >= 15 is 0 Å². The second kappa shape index (κ2) is 10.6. The van der Waals surface area contributed by atoms with Crippen molar-refractivity contribution in [3.05, 3.63) is 28.6 Å². The number of hydrogen-bond donors (Lipinski definition) is 1. The van der Waals surface area contributed by atoms with E-state index in [1.165, 1.54) is 37.3 Å². The first-order valence-corrected chi connectivity index (χ1v) is 11.4. The summed E-state index contributed by atoms with van der Waals surface area (Å²) in [6, 6.07) is 5.24. The molecule has 0 fully saturated rings. The van der Waals surface area contributed by atoms with Gasteiger partial charge in [0.2, 0.25) is 11.7 Å². The Morgan fingerprint density at radius 3 is 2.30 bits per heavy atom. The number of nitrogens with one attached hydrogen (secondary N) is 1. The van der Waals surface area contributed by atoms with Crippen molar-refractivity contribution in [3.63, 3.8) is 0 Å². The molecule has 3 aromatic rings. The van der Waals surface area contributed by atoms with Crippen LogP contribution in [0, 0.1) is 6.92 Å². The van der Waals surface area contributed by atoms with Crippen molar-refractivity contribution in [1.82, 2.24) is 14.8 Å². The Labute approximate surface area is 199 Å². The lowest BCUT2D eigenvalue weighted by Crippen LogP contribution is -2.16. The molecule has 0 saturated heterocycles. The highest BCUT2D eigenvalue weighted by Crippen LogP contribution is 2.41. The van der Waals surface area contributed by atoms with Crippen molar-refractivity contribution < 1.29 is 28.5 Å². The number of thiophene rings is 1. The van der Waals surface area contributed by atoms with Gasteiger partial charge in [-0.15, -0.1) is 21.5 Å². The van der Waals surface area contributed by atoms with Gasteiger partial charge in [0.05, 0.1) is 39.8 Å². The van der Waals surface area contributed by atoms with Crippen LogP contribution in [-0.2, 0) is 16.6 Å². The maximum atomic E-state index is 12.5. The minimum atomic E-state index is -0.495. The molecule has 0 aliphatic heterocycles. The van der Waals surface area contributed by atoms with E-state index in [0.29, 0.717) is 44.4 Å². The number of thioether (sulfide) groups is 1. The fourth-order valence-corrected chi connectivity index (χ4v) is 4.69. The van der Waals surface area contributed by atoms with Crippen LogP contribution in [0.1, 0.15) is 15.2 Å². The zero-order valence-electron chi connectivity index (χ0n) is 19.0. The number of carbonyl (C=O) groups excluding carboxylic acids is 2. The second-order valence-corrected chi connectivity index (χ2v) is 8.91. The lowest BCUT2D eigenvalue weighted by molar-refractivity contribution is -0.113. The molecule has 0 saturated carbocycles. The van der Waals surface area contributed by atoms with Crippen molar-refractivity contribution in [2.24, 2.45) is 7.05 Å². The molecule has 12 heteroatoms. The van der Waals surface area contributed by atoms with Crippen molar-refractivity contribution in [1.29, 1.82) is 0 Å². The van der Waals surface area contributed by atoms with E-state index in [1.54, 1.807) is 44.0 Å². The molecule has 0 radical (unpaired) electrons. The van der Waals surface area contributed by atoms with Gasteiger partial charge in [0.15, 0.2) is 22.5 Å². The standard InChI is InChI=1S/C21H24N4O6S2/c1-11-7-13(20(27)31-6)19(33-11)22-16(26)10-32-21-24-23-18(25(21)2)12-8-14(28-3)17(30-5)15(9-12)29-4/h7-9H,10H2,1-6H3,(H,22,26). The number of nitrogens with zero attached hydrogens (tertiary/aromatic N) is 3. The smallest absolute Gasteiger partial charge is 0.340 e. The zero-order valence-corrected chi connectivity index (χ0v) is 20.7. The molecule has 1 N–H and O–H groups in total. The molecule has 2 aromatic heterocycles. The molecule has 10 nitrogen and oxygen atoms in total. The summed E-state index contributed by atoms with van der Waals surface area (Å²) in [7, 11) is 7.72. The minimum absolute atomic E-state index is 0.0821. The van der Waals surface area contributed by atoms with E-state index in [9.17, 15) is 9.59 Å². The topological polar surface area (TPSA) is 114 Å². The average Bonchev–Trinajstić information content (AvgIpc) is 3.37. The number of hydrogen-bond acceptors (Lipinski definition) is 10. The lowest BCUT2D eigenvalue weighted by atomic mass is 10.1. The maximum absolute atomic E-state index is 12.5. The number of ether oxygens (including phenoxy) is 4. The third-order valence-electron chi connectivity index (χ3n) is 4.60. The Morgan fingerprint density at radius 2 is 1.73 bits per heavy atom. The third kappa shape index (κ3) is 5.22. The van der Waals surface area contributed by atoms with Crippen LogP contribution >= 0.6 is 23.1 Å². The number of anilines is 1. The fraction of sp³-hybridized carbons (Fsp3) is 0.333. The molecule has 1 aromatic carbocycles. The van der Waals surface area contributed by atoms with Gasteiger partial charge >= 0.3 is 5.97 Å². The van der Waals surface area contributed by atoms with Crippen molar-refractivity contribution >= 4 is 40.0 Å². The van der Waals surface area contributed by atoms with E-state index < -0.39 is 5.97 Å². The van der Waals surface area contributed by atoms with Gasteiger partial charge in [-0.05, 0) is 25.1 Å². The van der Waals surface area contributed by atoms with Crippen LogP contribution in [0.25, 0.3) is 11.4 Å². The highest BCUT2D eigenvalue weighted by atomic mass is 32.2. The molecule has 0 aliphatic rings. The SMILES string of the molecule is COC(=O)c1cc(C)sc1NC(=O)CSc1nnc(-c2cc(OC)c(OC)c(OC)c2)n1C. The Kier molecular flexibility index (Phi) is 7.82. The Morgan fingerprint density at radius 1 is 1.06 bits per heavy atom. The van der Waals surface area contributed by atoms with E-state index in [-0.39, 0.29) is 11.7 Å². The average molecular weight is 493 g/mol. The molecule has 0 spiro atoms. The van der Waals surface area contributed by atoms with Gasteiger partial charge in [-0.3, -0.25) is 4.79 Å². The third-order valence-corrected chi connectivity index (χ3v) is 6.59. The first-order chi connectivity index (χ1) is 15.8. The highest BCUT2D eigenvalue weighted by Gasteiger charge is 2.20. The predicted molar refractivity (Wildman–Crippen MR) is 126 cm³/mol. The van der Waals surface area contributed by atoms with Gasteiger partial charge in [0.25, 0.3) is 0 Å². The lowest BCUT2D eigenvalue weighted by Gasteiger charge is -2.14. The second-order valence-electron chi connectivity index (χ2n) is 6.71. The van der Waals surface area contributed by atoms with Crippen LogP contribution in [0.15, 0.2) is 23.4 Å². The van der Waals surface area contributed by atoms with E-state index in [2.05, 4.69) is 15.5 Å². The summed E-state index contributed by atoms with van der Waals surface area (Å²) < 4.78 is 22.7. The van der Waals surface area contributed by atoms with E-state index in [1.807, 2.05) is 6.92 Å². The summed E-state index contributed by atoms with van der Waals surface area (Å²) >= 11 is 2.54. The van der Waals surface area contributed by atoms with Crippen molar-refractivity contribution in [3.8, 4) is 28.6 Å². The number of benzene rings is 1. The Balaban J connectivity index is 1.75. The number of esters is 1. The summed E-state index contributed by atoms with van der Waals surface area (Å²) in [5.74, 6) is 1.35. The van der Waals surface area contributed by atoms with Gasteiger partial charge in [-0.25, -0.2) is 4.79 Å². The molecule has 2 heterocycles. The summed E-state index contributed by atoms with van der Waals surface area (Å²) in [5.41, 5.74) is 1.05. The van der Waals surface area contributed by atoms with Crippen LogP contribution in [0.4, 0.5) is 5.00 Å². The number of amides is 1. The molecule has 1 amide bonds. The first kappa shape index (κ1) is 24.4. The molecular formula is C21H24N4O6S2. The van der Waals surface area contributed by atoms with Gasteiger partial charge < -0.3 is 28.8 Å². The van der Waals surface area contributed by atoms with E-state index in [0.717, 1.165) is 4.88 Å². The first-order valence-electron chi connectivity index (χ1n) is 9.64. The quantitative estimate of drug-likeness (QED) is 0.355. The zero-order chi connectivity index (χ0) is 24.1. The number of rotatable bonds is 9. The molecule has 3 rings (SSSR count). The number of aromatic nitrogens is 3. The Bertz CT molecular complexity index is 1150. The molecular weight excluding hydrogens is 468 g/mol. The van der Waals surface area contributed by atoms with Gasteiger partial charge in [0.1, 0.15) is 5.00 Å². The fourth-order valence-electron chi connectivity index (χ4n) is 3.06. The van der Waals surface area contributed by atoms with Gasteiger partial charge in [-0.2, -0.15) is 0 Å². The number of carbonyl (C=O) groups is 2. The van der Waals surface area contributed by atoms with Gasteiger partial charge in [0, 0.05) is 17.5 Å². The van der Waals surface area contributed by atoms with Crippen LogP contribution in [0.3, 0.4) is 0 Å². The largest absolute Gasteiger partial charge is 0.493 e. The Hall–Kier alpha value is -3.25. The maximum Gasteiger partial charge on any atom is 0.340 e. The van der Waals surface area contributed by atoms with Crippen LogP contribution in [0.5, 0.6) is 17.2 Å². The summed E-state index contributed by atoms with van der Waals surface area (Å²) in [5, 5.41) is 12.2. The molecule has 0 bridgehead atoms. The molecule has 33 heavy (non-hydrogen) atoms. The van der Waals surface area contributed by atoms with Crippen LogP contribution in [0.2, 0.25) is 0 Å². The van der Waals surface area contributed by atoms with Gasteiger partial charge in [-0.1, -0.05) is 11.8 Å². The number of methoxy groups -OCH3 is 4. The van der Waals surface area contributed by atoms with Crippen molar-refractivity contribution in [2.75, 3.05) is 39.5 Å². The molecule has 176 valence electrons. The normalized spacial score (nSPS) is 10.6. The van der Waals surface area contributed by atoms with Crippen LogP contribution in [-0.4, -0.2) is 60.8 Å². The summed E-state index contributed by atoms with van der Waals surface area (Å²) in [6.45, 7) is 1.85. The number of aryl methyl sites for hydroxylation is 1. The summed E-state index contributed by atoms with van der Waals surface area (Å²) in [4.78, 5) is 25.3. The molecule has 0 unspecified atom stereocenters.